The van der Waals surface area contributed by atoms with Gasteiger partial charge in [-0.05, 0) is 74.4 Å². The molecule has 0 aliphatic rings. The normalized spacial score (nSPS) is 11.4. The summed E-state index contributed by atoms with van der Waals surface area (Å²) in [4.78, 5) is 25.5. The van der Waals surface area contributed by atoms with Crippen LogP contribution in [0.3, 0.4) is 0 Å². The molecule has 0 bridgehead atoms. The Bertz CT molecular complexity index is 1610. The monoisotopic (exact) mass is 536 g/mol. The lowest BCUT2D eigenvalue weighted by Gasteiger charge is -2.15. The number of nitrogens with two attached hydrogens (primary N) is 1. The molecule has 3 aromatic carbocycles. The van der Waals surface area contributed by atoms with Gasteiger partial charge in [0.15, 0.2) is 5.78 Å². The average molecular weight is 537 g/mol. The van der Waals surface area contributed by atoms with Crippen molar-refractivity contribution in [1.29, 1.82) is 0 Å². The summed E-state index contributed by atoms with van der Waals surface area (Å²) in [6.45, 7) is 5.18. The van der Waals surface area contributed by atoms with Crippen LogP contribution in [0.2, 0.25) is 5.02 Å². The maximum Gasteiger partial charge on any atom is 0.340 e. The van der Waals surface area contributed by atoms with Crippen LogP contribution >= 0.6 is 11.6 Å². The molecule has 0 radical (unpaired) electrons. The highest BCUT2D eigenvalue weighted by atomic mass is 35.5. The van der Waals surface area contributed by atoms with Crippen molar-refractivity contribution < 1.29 is 22.7 Å². The number of rotatable bonds is 7. The molecule has 9 heteroatoms. The van der Waals surface area contributed by atoms with E-state index in [2.05, 4.69) is 0 Å². The Morgan fingerprint density at radius 3 is 2.19 bits per heavy atom. The number of hydrogen-bond acceptors (Lipinski definition) is 5. The lowest BCUT2D eigenvalue weighted by atomic mass is 9.95. The SMILES string of the molecule is CCOC(=O)c1c(-c2cccc(C(C)=O)c2)c(-c2ccc(Cl)cc2)n(-c2ccc(S(N)(=O)=O)cc2)c1C. The fourth-order valence-corrected chi connectivity index (χ4v) is 4.95. The largest absolute Gasteiger partial charge is 0.462 e. The Morgan fingerprint density at radius 1 is 0.973 bits per heavy atom. The van der Waals surface area contributed by atoms with Gasteiger partial charge in [-0.25, -0.2) is 18.4 Å². The molecule has 0 saturated carbocycles. The Kier molecular flexibility index (Phi) is 7.36. The van der Waals surface area contributed by atoms with Crippen molar-refractivity contribution in [3.63, 3.8) is 0 Å². The Hall–Kier alpha value is -3.72. The summed E-state index contributed by atoms with van der Waals surface area (Å²) in [5, 5.41) is 5.83. The highest BCUT2D eigenvalue weighted by Crippen LogP contribution is 2.42. The van der Waals surface area contributed by atoms with Crippen molar-refractivity contribution in [2.45, 2.75) is 25.7 Å². The average Bonchev–Trinajstić information content (AvgIpc) is 3.17. The summed E-state index contributed by atoms with van der Waals surface area (Å²) in [6.07, 6.45) is 0. The molecule has 1 aromatic heterocycles. The third-order valence-corrected chi connectivity index (χ3v) is 7.17. The number of halogens is 1. The van der Waals surface area contributed by atoms with Gasteiger partial charge in [0.1, 0.15) is 0 Å². The van der Waals surface area contributed by atoms with Gasteiger partial charge in [-0.3, -0.25) is 4.79 Å². The van der Waals surface area contributed by atoms with Crippen LogP contribution in [0.5, 0.6) is 0 Å². The van der Waals surface area contributed by atoms with Crippen LogP contribution in [-0.2, 0) is 14.8 Å². The van der Waals surface area contributed by atoms with Gasteiger partial charge in [0.2, 0.25) is 10.0 Å². The number of nitrogens with zero attached hydrogens (tertiary/aromatic N) is 1. The fourth-order valence-electron chi connectivity index (χ4n) is 4.31. The predicted octanol–water partition coefficient (Wildman–Crippen LogP) is 5.80. The molecule has 0 atom stereocenters. The van der Waals surface area contributed by atoms with Crippen LogP contribution in [0.1, 0.15) is 40.3 Å². The van der Waals surface area contributed by atoms with Crippen LogP contribution < -0.4 is 5.14 Å². The molecular weight excluding hydrogens is 512 g/mol. The molecule has 1 heterocycles. The summed E-state index contributed by atoms with van der Waals surface area (Å²) >= 11 is 6.17. The lowest BCUT2D eigenvalue weighted by molar-refractivity contribution is 0.0526. The molecule has 0 spiro atoms. The number of aromatic nitrogens is 1. The molecule has 4 rings (SSSR count). The standard InChI is InChI=1S/C28H25ClN2O5S/c1-4-36-28(33)25-17(2)31(23-12-14-24(15-13-23)37(30,34)35)27(19-8-10-22(29)11-9-19)26(25)21-7-5-6-20(16-21)18(3)32/h5-16H,4H2,1-3H3,(H2,30,34,35). The number of sulfonamides is 1. The van der Waals surface area contributed by atoms with E-state index in [4.69, 9.17) is 21.5 Å². The molecule has 0 fully saturated rings. The highest BCUT2D eigenvalue weighted by Gasteiger charge is 2.29. The first-order valence-electron chi connectivity index (χ1n) is 11.5. The fraction of sp³-hybridized carbons (Fsp3) is 0.143. The minimum absolute atomic E-state index is 0.0332. The van der Waals surface area contributed by atoms with Gasteiger partial charge in [-0.1, -0.05) is 41.9 Å². The summed E-state index contributed by atoms with van der Waals surface area (Å²) < 4.78 is 31.0. The zero-order valence-electron chi connectivity index (χ0n) is 20.5. The van der Waals surface area contributed by atoms with Crippen LogP contribution in [0.25, 0.3) is 28.1 Å². The second kappa shape index (κ2) is 10.3. The Morgan fingerprint density at radius 2 is 1.62 bits per heavy atom. The summed E-state index contributed by atoms with van der Waals surface area (Å²) in [5.41, 5.74) is 4.66. The number of Topliss-reactive ketones (excluding diaryl/α,β-unsaturated/α-hetero) is 1. The molecule has 190 valence electrons. The zero-order valence-corrected chi connectivity index (χ0v) is 22.1. The maximum absolute atomic E-state index is 13.3. The van der Waals surface area contributed by atoms with Crippen LogP contribution in [0.4, 0.5) is 0 Å². The van der Waals surface area contributed by atoms with Crippen molar-refractivity contribution in [3.8, 4) is 28.1 Å². The molecule has 0 aliphatic carbocycles. The quantitative estimate of drug-likeness (QED) is 0.237. The van der Waals surface area contributed by atoms with Crippen LogP contribution in [-0.4, -0.2) is 31.3 Å². The van der Waals surface area contributed by atoms with Crippen molar-refractivity contribution in [1.82, 2.24) is 4.57 Å². The van der Waals surface area contributed by atoms with E-state index in [1.807, 2.05) is 22.8 Å². The van der Waals surface area contributed by atoms with Crippen molar-refractivity contribution >= 4 is 33.4 Å². The number of primary sulfonamides is 1. The van der Waals surface area contributed by atoms with E-state index in [0.717, 1.165) is 5.56 Å². The third-order valence-electron chi connectivity index (χ3n) is 5.99. The molecule has 0 unspecified atom stereocenters. The first-order chi connectivity index (χ1) is 17.5. The Balaban J connectivity index is 2.13. The van der Waals surface area contributed by atoms with Gasteiger partial charge < -0.3 is 9.30 Å². The number of benzene rings is 3. The molecule has 0 aliphatic heterocycles. The van der Waals surface area contributed by atoms with Gasteiger partial charge >= 0.3 is 5.97 Å². The first-order valence-corrected chi connectivity index (χ1v) is 13.4. The van der Waals surface area contributed by atoms with Gasteiger partial charge in [0.25, 0.3) is 0 Å². The second-order valence-corrected chi connectivity index (χ2v) is 10.4. The topological polar surface area (TPSA) is 108 Å². The number of carbonyl (C=O) groups excluding carboxylic acids is 2. The molecule has 0 amide bonds. The van der Waals surface area contributed by atoms with Crippen LogP contribution in [0.15, 0.2) is 77.7 Å². The number of hydrogen-bond donors (Lipinski definition) is 1. The van der Waals surface area contributed by atoms with Gasteiger partial charge in [0, 0.05) is 27.5 Å². The lowest BCUT2D eigenvalue weighted by Crippen LogP contribution is -2.12. The zero-order chi connectivity index (χ0) is 26.9. The minimum Gasteiger partial charge on any atom is -0.462 e. The minimum atomic E-state index is -3.89. The summed E-state index contributed by atoms with van der Waals surface area (Å²) in [6, 6.07) is 20.3. The Labute approximate surface area is 220 Å². The van der Waals surface area contributed by atoms with E-state index in [9.17, 15) is 18.0 Å². The second-order valence-electron chi connectivity index (χ2n) is 8.42. The van der Waals surface area contributed by atoms with Gasteiger partial charge in [0.05, 0.1) is 22.8 Å². The van der Waals surface area contributed by atoms with Gasteiger partial charge in [-0.15, -0.1) is 0 Å². The predicted molar refractivity (Wildman–Crippen MR) is 144 cm³/mol. The summed E-state index contributed by atoms with van der Waals surface area (Å²) in [5.74, 6) is -0.624. The molecule has 0 saturated heterocycles. The van der Waals surface area contributed by atoms with E-state index in [-0.39, 0.29) is 17.3 Å². The number of esters is 1. The smallest absolute Gasteiger partial charge is 0.340 e. The van der Waals surface area contributed by atoms with E-state index in [0.29, 0.717) is 44.4 Å². The van der Waals surface area contributed by atoms with E-state index < -0.39 is 16.0 Å². The maximum atomic E-state index is 13.3. The third kappa shape index (κ3) is 5.22. The summed E-state index contributed by atoms with van der Waals surface area (Å²) in [7, 11) is -3.89. The molecule has 4 aromatic rings. The molecular formula is C28H25ClN2O5S. The number of ether oxygens (including phenoxy) is 1. The van der Waals surface area contributed by atoms with Gasteiger partial charge in [-0.2, -0.15) is 0 Å². The first kappa shape index (κ1) is 26.3. The molecule has 7 nitrogen and oxygen atoms in total. The number of ketones is 1. The molecule has 37 heavy (non-hydrogen) atoms. The molecule has 2 N–H and O–H groups in total. The van der Waals surface area contributed by atoms with Crippen molar-refractivity contribution in [2.75, 3.05) is 6.61 Å². The van der Waals surface area contributed by atoms with Crippen molar-refractivity contribution in [3.05, 3.63) is 94.6 Å². The highest BCUT2D eigenvalue weighted by molar-refractivity contribution is 7.89. The van der Waals surface area contributed by atoms with Crippen molar-refractivity contribution in [2.24, 2.45) is 5.14 Å². The van der Waals surface area contributed by atoms with E-state index in [1.54, 1.807) is 56.3 Å². The van der Waals surface area contributed by atoms with E-state index in [1.165, 1.54) is 19.1 Å². The van der Waals surface area contributed by atoms with E-state index >= 15 is 0 Å². The van der Waals surface area contributed by atoms with Crippen LogP contribution in [0, 0.1) is 6.92 Å². The number of carbonyl (C=O) groups is 2.